The molecule has 0 nitrogen and oxygen atoms in total. The van der Waals surface area contributed by atoms with Gasteiger partial charge in [-0.15, -0.1) is 0 Å². The van der Waals surface area contributed by atoms with Gasteiger partial charge in [-0.2, -0.15) is 0 Å². The molecule has 0 radical (unpaired) electrons. The summed E-state index contributed by atoms with van der Waals surface area (Å²) in [5, 5.41) is 0. The van der Waals surface area contributed by atoms with E-state index in [1.807, 2.05) is 0 Å². The van der Waals surface area contributed by atoms with Crippen molar-refractivity contribution in [3.63, 3.8) is 0 Å². The topological polar surface area (TPSA) is 0 Å². The minimum absolute atomic E-state index is 0.709. The fraction of sp³-hybridized carbons (Fsp3) is 0.467. The molecule has 0 amide bonds. The molecule has 32 heavy (non-hydrogen) atoms. The maximum absolute atomic E-state index is 3.40. The first-order valence-corrected chi connectivity index (χ1v) is 36.1. The minimum atomic E-state index is -3.40. The van der Waals surface area contributed by atoms with Gasteiger partial charge in [0.2, 0.25) is 0 Å². The molecule has 2 aliphatic carbocycles. The van der Waals surface area contributed by atoms with Crippen molar-refractivity contribution in [3.05, 3.63) is 81.9 Å². The van der Waals surface area contributed by atoms with Gasteiger partial charge in [-0.3, -0.25) is 0 Å². The van der Waals surface area contributed by atoms with E-state index in [0.29, 0.717) is 7.35 Å². The third-order valence-corrected chi connectivity index (χ3v) is 38.3. The van der Waals surface area contributed by atoms with E-state index in [9.17, 15) is 0 Å². The van der Waals surface area contributed by atoms with E-state index < -0.39 is 17.7 Å². The summed E-state index contributed by atoms with van der Waals surface area (Å²) in [5.41, 5.74) is 13.4. The molecule has 171 valence electrons. The Morgan fingerprint density at radius 1 is 0.688 bits per heavy atom. The molecule has 2 unspecified atom stereocenters. The third kappa shape index (κ3) is 3.84. The van der Waals surface area contributed by atoms with Crippen molar-refractivity contribution in [2.24, 2.45) is 0 Å². The van der Waals surface area contributed by atoms with E-state index in [-0.39, 0.29) is 0 Å². The molecule has 2 aliphatic rings. The fourth-order valence-corrected chi connectivity index (χ4v) is 43.0. The number of hydrogen-bond acceptors (Lipinski definition) is 0. The van der Waals surface area contributed by atoms with E-state index in [4.69, 9.17) is 0 Å². The normalized spacial score (nSPS) is 21.6. The van der Waals surface area contributed by atoms with Gasteiger partial charge < -0.3 is 0 Å². The molecular formula is C30H43HfSi. The Bertz CT molecular complexity index is 996. The van der Waals surface area contributed by atoms with Crippen molar-refractivity contribution >= 4 is 18.6 Å². The Morgan fingerprint density at radius 2 is 1.06 bits per heavy atom. The summed E-state index contributed by atoms with van der Waals surface area (Å²) in [7, 11) is 1.35. The van der Waals surface area contributed by atoms with Gasteiger partial charge in [-0.05, 0) is 0 Å². The second-order valence-corrected chi connectivity index (χ2v) is 66.4. The number of allylic oxidation sites excluding steroid dienone is 4. The van der Waals surface area contributed by atoms with E-state index in [2.05, 4.69) is 85.6 Å². The van der Waals surface area contributed by atoms with Crippen molar-refractivity contribution in [2.45, 2.75) is 82.9 Å². The second-order valence-electron chi connectivity index (χ2n) is 12.0. The molecule has 0 spiro atoms. The Morgan fingerprint density at radius 3 is 1.44 bits per heavy atom. The molecule has 2 atom stereocenters. The van der Waals surface area contributed by atoms with Gasteiger partial charge in [0, 0.05) is 0 Å². The zero-order valence-electron chi connectivity index (χ0n) is 21.5. The standard InChI is InChI=1S/2C14H17.2CH3.Hf.H3Si/c2*1-3-4-8-13-11(2)10-12-7-5-6-9-14(12)13;;;;/h2*5-7,9-10H,3-4,8H2,1-2H3;2*1H3;;1H3. The van der Waals surface area contributed by atoms with Crippen molar-refractivity contribution in [1.82, 2.24) is 0 Å². The van der Waals surface area contributed by atoms with Crippen LogP contribution in [0.5, 0.6) is 0 Å². The number of hydrogen-bond donors (Lipinski definition) is 0. The molecule has 0 aromatic heterocycles. The van der Waals surface area contributed by atoms with Crippen LogP contribution < -0.4 is 0 Å². The molecule has 0 N–H and O–H groups in total. The molecule has 2 aromatic rings. The average molecular weight is 610 g/mol. The van der Waals surface area contributed by atoms with Gasteiger partial charge in [-0.1, -0.05) is 0 Å². The summed E-state index contributed by atoms with van der Waals surface area (Å²) in [6, 6.07) is 19.0. The van der Waals surface area contributed by atoms with Crippen LogP contribution in [0.2, 0.25) is 9.36 Å². The maximum atomic E-state index is 2.84. The molecule has 0 saturated heterocycles. The van der Waals surface area contributed by atoms with Gasteiger partial charge in [-0.25, -0.2) is 0 Å². The summed E-state index contributed by atoms with van der Waals surface area (Å²) in [6.07, 6.45) is 7.67. The average Bonchev–Trinajstić information content (AvgIpc) is 3.21. The number of rotatable bonds is 8. The zero-order chi connectivity index (χ0) is 23.1. The SMILES string of the molecule is CCCCC1=C(C)[CH]([Hf]([CH3])([CH3])([SiH3])[CH]2C(C)=C(CCCC)c3ccccc32)c2ccccc21. The van der Waals surface area contributed by atoms with E-state index in [1.54, 1.807) is 44.5 Å². The summed E-state index contributed by atoms with van der Waals surface area (Å²) < 4.78 is 7.09. The number of benzene rings is 2. The summed E-state index contributed by atoms with van der Waals surface area (Å²) in [4.78, 5) is 0. The fourth-order valence-electron chi connectivity index (χ4n) is 7.49. The molecule has 0 heterocycles. The molecule has 0 saturated carbocycles. The number of unbranched alkanes of at least 4 members (excludes halogenated alkanes) is 2. The molecule has 0 aliphatic heterocycles. The quantitative estimate of drug-likeness (QED) is 0.263. The molecule has 0 bridgehead atoms. The van der Waals surface area contributed by atoms with Crippen LogP contribution in [-0.4, -0.2) is 7.43 Å². The van der Waals surface area contributed by atoms with Crippen LogP contribution in [0.15, 0.2) is 59.7 Å². The summed E-state index contributed by atoms with van der Waals surface area (Å²) >= 11 is -3.40. The Labute approximate surface area is 200 Å². The van der Waals surface area contributed by atoms with Crippen molar-refractivity contribution < 1.29 is 17.7 Å². The second kappa shape index (κ2) is 8.99. The Hall–Kier alpha value is -0.993. The van der Waals surface area contributed by atoms with Gasteiger partial charge in [0.25, 0.3) is 0 Å². The van der Waals surface area contributed by atoms with Crippen molar-refractivity contribution in [3.8, 4) is 0 Å². The molecule has 0 fully saturated rings. The van der Waals surface area contributed by atoms with Crippen LogP contribution in [0.25, 0.3) is 11.1 Å². The predicted octanol–water partition coefficient (Wildman–Crippen LogP) is 8.49. The number of fused-ring (bicyclic) bond motifs is 2. The van der Waals surface area contributed by atoms with Crippen LogP contribution in [0.1, 0.15) is 95.8 Å². The van der Waals surface area contributed by atoms with Crippen molar-refractivity contribution in [1.29, 1.82) is 0 Å². The molecule has 4 rings (SSSR count). The van der Waals surface area contributed by atoms with Crippen LogP contribution >= 0.6 is 0 Å². The molecule has 2 heteroatoms. The summed E-state index contributed by atoms with van der Waals surface area (Å²) in [6.45, 7) is 9.67. The Kier molecular flexibility index (Phi) is 6.78. The predicted molar refractivity (Wildman–Crippen MR) is 144 cm³/mol. The van der Waals surface area contributed by atoms with Crippen molar-refractivity contribution in [2.75, 3.05) is 0 Å². The third-order valence-electron chi connectivity index (χ3n) is 8.64. The van der Waals surface area contributed by atoms with E-state index in [0.717, 1.165) is 0 Å². The van der Waals surface area contributed by atoms with E-state index in [1.165, 1.54) is 46.0 Å². The molecule has 2 aromatic carbocycles. The monoisotopic (exact) mass is 611 g/mol. The first-order valence-electron chi connectivity index (χ1n) is 13.0. The van der Waals surface area contributed by atoms with Gasteiger partial charge in [0.05, 0.1) is 0 Å². The van der Waals surface area contributed by atoms with Crippen LogP contribution in [0, 0.1) is 0 Å². The first-order chi connectivity index (χ1) is 15.2. The van der Waals surface area contributed by atoms with Gasteiger partial charge in [0.15, 0.2) is 0 Å². The Balaban J connectivity index is 1.89. The van der Waals surface area contributed by atoms with Gasteiger partial charge in [0.1, 0.15) is 0 Å². The summed E-state index contributed by atoms with van der Waals surface area (Å²) in [5.74, 6) is 0. The van der Waals surface area contributed by atoms with Crippen LogP contribution in [-0.2, 0) is 17.7 Å². The zero-order valence-corrected chi connectivity index (χ0v) is 27.1. The van der Waals surface area contributed by atoms with Crippen LogP contribution in [0.3, 0.4) is 0 Å². The van der Waals surface area contributed by atoms with Gasteiger partial charge >= 0.3 is 201 Å². The van der Waals surface area contributed by atoms with Crippen LogP contribution in [0.4, 0.5) is 0 Å². The molecular weight excluding hydrogens is 567 g/mol. The van der Waals surface area contributed by atoms with E-state index >= 15 is 0 Å². The first kappa shape index (κ1) is 24.1.